The van der Waals surface area contributed by atoms with E-state index in [2.05, 4.69) is 40.5 Å². The maximum absolute atomic E-state index is 12.5. The fourth-order valence-corrected chi connectivity index (χ4v) is 3.48. The molecule has 3 nitrogen and oxygen atoms in total. The maximum atomic E-state index is 12.5. The van der Waals surface area contributed by atoms with Crippen molar-refractivity contribution in [1.82, 2.24) is 10.2 Å². The summed E-state index contributed by atoms with van der Waals surface area (Å²) >= 11 is 0. The van der Waals surface area contributed by atoms with Crippen LogP contribution in [-0.4, -0.2) is 37.0 Å². The van der Waals surface area contributed by atoms with Crippen molar-refractivity contribution < 1.29 is 4.79 Å². The van der Waals surface area contributed by atoms with Crippen LogP contribution in [0, 0.1) is 5.92 Å². The molecule has 0 radical (unpaired) electrons. The van der Waals surface area contributed by atoms with Crippen LogP contribution in [0.5, 0.6) is 0 Å². The highest BCUT2D eigenvalue weighted by Gasteiger charge is 2.29. The lowest BCUT2D eigenvalue weighted by molar-refractivity contribution is -0.137. The van der Waals surface area contributed by atoms with E-state index < -0.39 is 0 Å². The average Bonchev–Trinajstić information content (AvgIpc) is 2.56. The number of hydrogen-bond donors (Lipinski definition) is 1. The number of amides is 1. The van der Waals surface area contributed by atoms with Crippen LogP contribution in [-0.2, 0) is 4.79 Å². The summed E-state index contributed by atoms with van der Waals surface area (Å²) in [6.07, 6.45) is 4.41. The maximum Gasteiger partial charge on any atom is 0.226 e. The summed E-state index contributed by atoms with van der Waals surface area (Å²) in [7, 11) is 0. The molecule has 1 N–H and O–H groups in total. The van der Waals surface area contributed by atoms with Gasteiger partial charge in [-0.2, -0.15) is 0 Å². The molecule has 0 bridgehead atoms. The first-order chi connectivity index (χ1) is 9.84. The fraction of sp³-hybridized carbons (Fsp3) is 0.588. The van der Waals surface area contributed by atoms with Crippen LogP contribution < -0.4 is 5.32 Å². The van der Waals surface area contributed by atoms with Gasteiger partial charge in [0.05, 0.1) is 5.92 Å². The van der Waals surface area contributed by atoms with Gasteiger partial charge in [-0.1, -0.05) is 30.3 Å². The molecule has 2 fully saturated rings. The third-order valence-corrected chi connectivity index (χ3v) is 4.72. The Balaban J connectivity index is 0.00000161. The third-order valence-electron chi connectivity index (χ3n) is 4.72. The largest absolute Gasteiger partial charge is 0.342 e. The first-order valence-corrected chi connectivity index (χ1v) is 7.89. The molecule has 0 aliphatic carbocycles. The summed E-state index contributed by atoms with van der Waals surface area (Å²) in [5.74, 6) is 1.23. The van der Waals surface area contributed by atoms with Crippen molar-refractivity contribution in [3.63, 3.8) is 0 Å². The molecule has 2 aliphatic heterocycles. The van der Waals surface area contributed by atoms with E-state index in [-0.39, 0.29) is 18.3 Å². The molecule has 0 saturated carbocycles. The zero-order valence-corrected chi connectivity index (χ0v) is 13.3. The summed E-state index contributed by atoms with van der Waals surface area (Å²) in [4.78, 5) is 14.6. The number of carbonyl (C=O) groups excluding carboxylic acids is 1. The summed E-state index contributed by atoms with van der Waals surface area (Å²) in [6, 6.07) is 10.7. The van der Waals surface area contributed by atoms with Crippen molar-refractivity contribution in [1.29, 1.82) is 0 Å². The average molecular weight is 309 g/mol. The lowest BCUT2D eigenvalue weighted by Gasteiger charge is -2.35. The van der Waals surface area contributed by atoms with Crippen molar-refractivity contribution >= 4 is 18.3 Å². The van der Waals surface area contributed by atoms with E-state index in [4.69, 9.17) is 0 Å². The van der Waals surface area contributed by atoms with Gasteiger partial charge in [0, 0.05) is 19.6 Å². The standard InChI is InChI=1S/C17H24N2O.ClH/c20-17(16-7-4-10-18-13-16)19-11-8-15(9-12-19)14-5-2-1-3-6-14;/h1-3,5-6,15-16,18H,4,7-13H2;1H. The van der Waals surface area contributed by atoms with Gasteiger partial charge in [0.1, 0.15) is 0 Å². The predicted molar refractivity (Wildman–Crippen MR) is 87.8 cm³/mol. The van der Waals surface area contributed by atoms with Crippen LogP contribution in [0.2, 0.25) is 0 Å². The second-order valence-electron chi connectivity index (χ2n) is 6.05. The Morgan fingerprint density at radius 2 is 1.81 bits per heavy atom. The Kier molecular flexibility index (Phi) is 6.07. The van der Waals surface area contributed by atoms with Gasteiger partial charge in [0.25, 0.3) is 0 Å². The summed E-state index contributed by atoms with van der Waals surface area (Å²) < 4.78 is 0. The molecule has 2 aliphatic rings. The predicted octanol–water partition coefficient (Wildman–Crippen LogP) is 2.81. The molecule has 0 aromatic heterocycles. The van der Waals surface area contributed by atoms with Crippen molar-refractivity contribution in [3.05, 3.63) is 35.9 Å². The van der Waals surface area contributed by atoms with Crippen molar-refractivity contribution in [3.8, 4) is 0 Å². The molecule has 116 valence electrons. The van der Waals surface area contributed by atoms with E-state index in [9.17, 15) is 4.79 Å². The van der Waals surface area contributed by atoms with E-state index >= 15 is 0 Å². The van der Waals surface area contributed by atoms with Crippen molar-refractivity contribution in [2.75, 3.05) is 26.2 Å². The smallest absolute Gasteiger partial charge is 0.226 e. The number of carbonyl (C=O) groups is 1. The molecule has 0 spiro atoms. The highest BCUT2D eigenvalue weighted by molar-refractivity contribution is 5.85. The number of nitrogens with zero attached hydrogens (tertiary/aromatic N) is 1. The number of benzene rings is 1. The van der Waals surface area contributed by atoms with Gasteiger partial charge in [0.15, 0.2) is 0 Å². The summed E-state index contributed by atoms with van der Waals surface area (Å²) in [5.41, 5.74) is 1.43. The molecular formula is C17H25ClN2O. The Morgan fingerprint density at radius 3 is 2.43 bits per heavy atom. The number of rotatable bonds is 2. The van der Waals surface area contributed by atoms with Gasteiger partial charge in [-0.15, -0.1) is 12.4 Å². The first kappa shape index (κ1) is 16.3. The van der Waals surface area contributed by atoms with Crippen molar-refractivity contribution in [2.24, 2.45) is 5.92 Å². The molecule has 3 rings (SSSR count). The molecule has 1 amide bonds. The molecule has 1 aromatic rings. The molecule has 1 unspecified atom stereocenters. The highest BCUT2D eigenvalue weighted by atomic mass is 35.5. The van der Waals surface area contributed by atoms with Gasteiger partial charge in [0.2, 0.25) is 5.91 Å². The molecule has 2 saturated heterocycles. The van der Waals surface area contributed by atoms with Gasteiger partial charge in [-0.3, -0.25) is 4.79 Å². The van der Waals surface area contributed by atoms with Crippen LogP contribution >= 0.6 is 12.4 Å². The van der Waals surface area contributed by atoms with Crippen molar-refractivity contribution in [2.45, 2.75) is 31.6 Å². The topological polar surface area (TPSA) is 32.3 Å². The lowest BCUT2D eigenvalue weighted by atomic mass is 9.88. The Hall–Kier alpha value is -1.06. The number of halogens is 1. The van der Waals surface area contributed by atoms with Crippen LogP contribution in [0.1, 0.15) is 37.2 Å². The molecule has 21 heavy (non-hydrogen) atoms. The quantitative estimate of drug-likeness (QED) is 0.911. The van der Waals surface area contributed by atoms with Crippen LogP contribution in [0.25, 0.3) is 0 Å². The van der Waals surface area contributed by atoms with E-state index in [1.54, 1.807) is 0 Å². The minimum atomic E-state index is 0. The van der Waals surface area contributed by atoms with Gasteiger partial charge >= 0.3 is 0 Å². The minimum absolute atomic E-state index is 0. The van der Waals surface area contributed by atoms with Crippen LogP contribution in [0.3, 0.4) is 0 Å². The number of piperidine rings is 2. The first-order valence-electron chi connectivity index (χ1n) is 7.89. The SMILES string of the molecule is Cl.O=C(C1CCCNC1)N1CCC(c2ccccc2)CC1. The highest BCUT2D eigenvalue weighted by Crippen LogP contribution is 2.28. The third kappa shape index (κ3) is 3.98. The van der Waals surface area contributed by atoms with Gasteiger partial charge < -0.3 is 10.2 Å². The monoisotopic (exact) mass is 308 g/mol. The van der Waals surface area contributed by atoms with E-state index in [1.807, 2.05) is 0 Å². The molecule has 1 atom stereocenters. The van der Waals surface area contributed by atoms with Crippen LogP contribution in [0.4, 0.5) is 0 Å². The second kappa shape index (κ2) is 7.81. The van der Waals surface area contributed by atoms with E-state index in [0.29, 0.717) is 11.8 Å². The number of nitrogens with one attached hydrogen (secondary N) is 1. The minimum Gasteiger partial charge on any atom is -0.342 e. The molecule has 1 aromatic carbocycles. The van der Waals surface area contributed by atoms with E-state index in [1.165, 1.54) is 5.56 Å². The molecular weight excluding hydrogens is 284 g/mol. The molecule has 4 heteroatoms. The Morgan fingerprint density at radius 1 is 1.10 bits per heavy atom. The molecule has 2 heterocycles. The van der Waals surface area contributed by atoms with Crippen LogP contribution in [0.15, 0.2) is 30.3 Å². The fourth-order valence-electron chi connectivity index (χ4n) is 3.48. The Labute approximate surface area is 133 Å². The summed E-state index contributed by atoms with van der Waals surface area (Å²) in [6.45, 7) is 3.79. The number of hydrogen-bond acceptors (Lipinski definition) is 2. The number of likely N-dealkylation sites (tertiary alicyclic amines) is 1. The lowest BCUT2D eigenvalue weighted by Crippen LogP contribution is -2.45. The summed E-state index contributed by atoms with van der Waals surface area (Å²) in [5, 5.41) is 3.34. The Bertz CT molecular complexity index is 437. The van der Waals surface area contributed by atoms with E-state index in [0.717, 1.165) is 51.9 Å². The second-order valence-corrected chi connectivity index (χ2v) is 6.05. The van der Waals surface area contributed by atoms with Gasteiger partial charge in [-0.05, 0) is 43.7 Å². The normalized spacial score (nSPS) is 23.4. The van der Waals surface area contributed by atoms with Gasteiger partial charge in [-0.25, -0.2) is 0 Å². The zero-order chi connectivity index (χ0) is 13.8. The zero-order valence-electron chi connectivity index (χ0n) is 12.5.